The minimum atomic E-state index is -0.958. The molecule has 0 aliphatic carbocycles. The van der Waals surface area contributed by atoms with Crippen LogP contribution in [0.3, 0.4) is 0 Å². The van der Waals surface area contributed by atoms with Gasteiger partial charge >= 0.3 is 5.97 Å². The molecule has 0 unspecified atom stereocenters. The van der Waals surface area contributed by atoms with Crippen LogP contribution in [0, 0.1) is 0 Å². The van der Waals surface area contributed by atoms with E-state index in [4.69, 9.17) is 4.74 Å². The van der Waals surface area contributed by atoms with Crippen LogP contribution in [0.25, 0.3) is 10.9 Å². The molecule has 0 atom stereocenters. The molecule has 1 saturated heterocycles. The number of aromatic nitrogens is 2. The lowest BCUT2D eigenvalue weighted by molar-refractivity contribution is 0.0693. The maximum atomic E-state index is 11.5. The first-order valence-electron chi connectivity index (χ1n) is 11.2. The van der Waals surface area contributed by atoms with Crippen LogP contribution in [0.4, 0.5) is 0 Å². The highest BCUT2D eigenvalue weighted by Crippen LogP contribution is 2.35. The Labute approximate surface area is 197 Å². The summed E-state index contributed by atoms with van der Waals surface area (Å²) in [4.78, 5) is 18.3. The summed E-state index contributed by atoms with van der Waals surface area (Å²) in [6.07, 6.45) is 8.36. The molecule has 0 bridgehead atoms. The summed E-state index contributed by atoms with van der Waals surface area (Å²) >= 11 is 1.73. The van der Waals surface area contributed by atoms with Gasteiger partial charge in [0.25, 0.3) is 0 Å². The van der Waals surface area contributed by atoms with Crippen molar-refractivity contribution in [3.05, 3.63) is 81.9 Å². The Hall–Kier alpha value is -3.16. The van der Waals surface area contributed by atoms with E-state index in [2.05, 4.69) is 43.5 Å². The summed E-state index contributed by atoms with van der Waals surface area (Å²) in [5.41, 5.74) is 5.16. The first kappa shape index (κ1) is 21.7. The van der Waals surface area contributed by atoms with Crippen LogP contribution in [0.2, 0.25) is 0 Å². The third-order valence-corrected chi connectivity index (χ3v) is 7.31. The van der Waals surface area contributed by atoms with Crippen molar-refractivity contribution in [2.45, 2.75) is 31.8 Å². The van der Waals surface area contributed by atoms with Gasteiger partial charge in [0.2, 0.25) is 0 Å². The molecule has 1 aliphatic rings. The number of ether oxygens (including phenoxy) is 1. The van der Waals surface area contributed by atoms with Crippen LogP contribution in [0.5, 0.6) is 5.75 Å². The molecule has 0 spiro atoms. The Bertz CT molecular complexity index is 1260. The van der Waals surface area contributed by atoms with E-state index in [0.717, 1.165) is 44.6 Å². The summed E-state index contributed by atoms with van der Waals surface area (Å²) in [6, 6.07) is 9.77. The van der Waals surface area contributed by atoms with Crippen molar-refractivity contribution in [1.29, 1.82) is 0 Å². The molecule has 3 aromatic heterocycles. The monoisotopic (exact) mass is 461 g/mol. The van der Waals surface area contributed by atoms with E-state index >= 15 is 0 Å². The van der Waals surface area contributed by atoms with E-state index < -0.39 is 5.97 Å². The molecule has 0 radical (unpaired) electrons. The number of methoxy groups -OCH3 is 1. The van der Waals surface area contributed by atoms with Gasteiger partial charge in [-0.2, -0.15) is 11.3 Å². The number of carboxylic acid groups (broad SMARTS) is 1. The van der Waals surface area contributed by atoms with Crippen LogP contribution >= 0.6 is 11.3 Å². The van der Waals surface area contributed by atoms with E-state index in [9.17, 15) is 9.90 Å². The fraction of sp³-hybridized carbons (Fsp3) is 0.308. The lowest BCUT2D eigenvalue weighted by Gasteiger charge is -2.32. The van der Waals surface area contributed by atoms with Gasteiger partial charge in [-0.15, -0.1) is 0 Å². The number of piperidine rings is 1. The maximum Gasteiger partial charge on any atom is 0.339 e. The van der Waals surface area contributed by atoms with E-state index in [-0.39, 0.29) is 5.56 Å². The smallest absolute Gasteiger partial charge is 0.339 e. The van der Waals surface area contributed by atoms with Crippen LogP contribution < -0.4 is 4.74 Å². The van der Waals surface area contributed by atoms with Gasteiger partial charge in [-0.1, -0.05) is 6.07 Å². The average Bonchev–Trinajstić information content (AvgIpc) is 3.48. The molecule has 0 saturated carbocycles. The lowest BCUT2D eigenvalue weighted by Crippen LogP contribution is -2.32. The van der Waals surface area contributed by atoms with Gasteiger partial charge in [0.1, 0.15) is 11.3 Å². The van der Waals surface area contributed by atoms with Gasteiger partial charge in [-0.25, -0.2) is 4.79 Å². The van der Waals surface area contributed by atoms with Crippen LogP contribution in [0.1, 0.15) is 45.8 Å². The highest BCUT2D eigenvalue weighted by Gasteiger charge is 2.24. The highest BCUT2D eigenvalue weighted by atomic mass is 32.1. The quantitative estimate of drug-likeness (QED) is 0.408. The Kier molecular flexibility index (Phi) is 6.15. The molecule has 170 valence electrons. The molecule has 4 aromatic rings. The fourth-order valence-corrected chi connectivity index (χ4v) is 5.54. The van der Waals surface area contributed by atoms with Crippen LogP contribution in [-0.2, 0) is 13.1 Å². The number of hydrogen-bond acceptors (Lipinski definition) is 5. The second kappa shape index (κ2) is 9.37. The number of carbonyl (C=O) groups is 1. The predicted molar refractivity (Wildman–Crippen MR) is 130 cm³/mol. The van der Waals surface area contributed by atoms with E-state index in [1.165, 1.54) is 29.1 Å². The van der Waals surface area contributed by atoms with Crippen molar-refractivity contribution < 1.29 is 14.6 Å². The number of thiophene rings is 1. The fourth-order valence-electron chi connectivity index (χ4n) is 4.88. The van der Waals surface area contributed by atoms with Gasteiger partial charge in [0, 0.05) is 30.9 Å². The Morgan fingerprint density at radius 1 is 1.18 bits per heavy atom. The molecule has 4 heterocycles. The molecule has 33 heavy (non-hydrogen) atoms. The SMILES string of the molecule is COc1ccc(CN2CCC(c3cn(Cc4ccsc4)c4cnccc34)CC2)cc1C(=O)O. The maximum absolute atomic E-state index is 11.5. The summed E-state index contributed by atoms with van der Waals surface area (Å²) in [5, 5.41) is 15.1. The average molecular weight is 462 g/mol. The van der Waals surface area contributed by atoms with E-state index in [0.29, 0.717) is 11.7 Å². The van der Waals surface area contributed by atoms with Crippen molar-refractivity contribution in [2.24, 2.45) is 0 Å². The summed E-state index contributed by atoms with van der Waals surface area (Å²) in [5.74, 6) is -0.0423. The number of nitrogens with zero attached hydrogens (tertiary/aromatic N) is 3. The molecule has 1 aliphatic heterocycles. The molecule has 6 nitrogen and oxygen atoms in total. The largest absolute Gasteiger partial charge is 0.496 e. The van der Waals surface area contributed by atoms with E-state index in [1.54, 1.807) is 23.5 Å². The number of likely N-dealkylation sites (tertiary alicyclic amines) is 1. The summed E-state index contributed by atoms with van der Waals surface area (Å²) < 4.78 is 7.51. The second-order valence-electron chi connectivity index (χ2n) is 8.63. The zero-order valence-corrected chi connectivity index (χ0v) is 19.4. The van der Waals surface area contributed by atoms with Gasteiger partial charge in [0.15, 0.2) is 0 Å². The summed E-state index contributed by atoms with van der Waals surface area (Å²) in [7, 11) is 1.50. The normalized spacial score (nSPS) is 15.2. The molecule has 7 heteroatoms. The zero-order valence-electron chi connectivity index (χ0n) is 18.6. The van der Waals surface area contributed by atoms with Crippen molar-refractivity contribution >= 4 is 28.2 Å². The van der Waals surface area contributed by atoms with Crippen molar-refractivity contribution in [3.63, 3.8) is 0 Å². The number of fused-ring (bicyclic) bond motifs is 1. The Morgan fingerprint density at radius 3 is 2.76 bits per heavy atom. The van der Waals surface area contributed by atoms with Gasteiger partial charge in [-0.3, -0.25) is 9.88 Å². The molecular weight excluding hydrogens is 434 g/mol. The first-order valence-corrected chi connectivity index (χ1v) is 12.1. The minimum absolute atomic E-state index is 0.219. The van der Waals surface area contributed by atoms with E-state index in [1.807, 2.05) is 18.5 Å². The molecule has 1 aromatic carbocycles. The molecular formula is C26H27N3O3S. The second-order valence-corrected chi connectivity index (χ2v) is 9.41. The van der Waals surface area contributed by atoms with Gasteiger partial charge < -0.3 is 14.4 Å². The van der Waals surface area contributed by atoms with Gasteiger partial charge in [0.05, 0.1) is 18.8 Å². The van der Waals surface area contributed by atoms with Crippen LogP contribution in [-0.4, -0.2) is 45.7 Å². The zero-order chi connectivity index (χ0) is 22.8. The number of hydrogen-bond donors (Lipinski definition) is 1. The number of rotatable bonds is 7. The predicted octanol–water partition coefficient (Wildman–Crippen LogP) is 5.23. The van der Waals surface area contributed by atoms with Gasteiger partial charge in [-0.05, 0) is 83.6 Å². The van der Waals surface area contributed by atoms with Crippen LogP contribution in [0.15, 0.2) is 59.7 Å². The van der Waals surface area contributed by atoms with Crippen molar-refractivity contribution in [3.8, 4) is 5.75 Å². The number of carboxylic acids is 1. The number of aromatic carboxylic acids is 1. The first-order chi connectivity index (χ1) is 16.1. The third kappa shape index (κ3) is 4.51. The van der Waals surface area contributed by atoms with Crippen molar-refractivity contribution in [1.82, 2.24) is 14.5 Å². The minimum Gasteiger partial charge on any atom is -0.496 e. The number of benzene rings is 1. The standard InChI is InChI=1S/C26H27N3O3S/c1-32-25-3-2-18(12-22(25)26(30)31)14-28-9-5-20(6-10-28)23-16-29(15-19-7-11-33-17-19)24-13-27-8-4-21(23)24/h2-4,7-8,11-13,16-17,20H,5-6,9-10,14-15H2,1H3,(H,30,31). The summed E-state index contributed by atoms with van der Waals surface area (Å²) in [6.45, 7) is 3.59. The molecule has 1 fully saturated rings. The lowest BCUT2D eigenvalue weighted by atomic mass is 9.89. The highest BCUT2D eigenvalue weighted by molar-refractivity contribution is 7.07. The topological polar surface area (TPSA) is 67.6 Å². The Morgan fingerprint density at radius 2 is 2.03 bits per heavy atom. The van der Waals surface area contributed by atoms with Crippen molar-refractivity contribution in [2.75, 3.05) is 20.2 Å². The third-order valence-electron chi connectivity index (χ3n) is 6.58. The molecule has 0 amide bonds. The Balaban J connectivity index is 1.30. The molecule has 1 N–H and O–H groups in total. The molecule has 5 rings (SSSR count). The number of pyridine rings is 1.